The van der Waals surface area contributed by atoms with Crippen LogP contribution >= 0.6 is 0 Å². The van der Waals surface area contributed by atoms with Gasteiger partial charge in [-0.15, -0.1) is 10.9 Å². The van der Waals surface area contributed by atoms with Crippen LogP contribution in [0.5, 0.6) is 0 Å². The Kier molecular flexibility index (Phi) is 3.98. The minimum absolute atomic E-state index is 0.688. The molecule has 0 fully saturated rings. The maximum Gasteiger partial charge on any atom is 0.406 e. The van der Waals surface area contributed by atoms with Gasteiger partial charge in [-0.1, -0.05) is 60.7 Å². The van der Waals surface area contributed by atoms with Gasteiger partial charge in [0.1, 0.15) is 11.5 Å². The van der Waals surface area contributed by atoms with Gasteiger partial charge in [-0.2, -0.15) is 0 Å². The Hall–Kier alpha value is -3.73. The SMILES string of the molecule is C1=C/C(=C2\C=C(c3ccc[nH]3)O[B-](c3ccccc3)(c3ccccc3)O2)N=C1. The van der Waals surface area contributed by atoms with Crippen molar-refractivity contribution >= 4 is 29.5 Å². The standard InChI is InChI=1S/C23H18BN2O2/c1-3-9-18(10-4-1)24(19-11-5-2-6-12-19)27-22(20-13-7-15-25-20)17-23(28-24)21-14-8-16-26-21/h1-17,25H/q-1/b23-21-. The molecule has 0 saturated carbocycles. The van der Waals surface area contributed by atoms with Gasteiger partial charge in [-0.05, 0) is 24.3 Å². The van der Waals surface area contributed by atoms with Gasteiger partial charge < -0.3 is 14.3 Å². The van der Waals surface area contributed by atoms with Gasteiger partial charge in [0.25, 0.3) is 0 Å². The quantitative estimate of drug-likeness (QED) is 0.722. The molecule has 5 rings (SSSR count). The second kappa shape index (κ2) is 6.78. The summed E-state index contributed by atoms with van der Waals surface area (Å²) in [6.45, 7) is -1.98. The largest absolute Gasteiger partial charge is 0.674 e. The Morgan fingerprint density at radius 1 is 0.786 bits per heavy atom. The fourth-order valence-corrected chi connectivity index (χ4v) is 3.65. The second-order valence-corrected chi connectivity index (χ2v) is 6.75. The van der Waals surface area contributed by atoms with Gasteiger partial charge in [0.15, 0.2) is 0 Å². The number of aromatic amines is 1. The molecule has 3 heterocycles. The van der Waals surface area contributed by atoms with E-state index in [1.165, 1.54) is 0 Å². The lowest BCUT2D eigenvalue weighted by molar-refractivity contribution is 0.311. The fraction of sp³-hybridized carbons (Fsp3) is 0. The van der Waals surface area contributed by atoms with Crippen molar-refractivity contribution in [1.82, 2.24) is 4.98 Å². The summed E-state index contributed by atoms with van der Waals surface area (Å²) in [6, 6.07) is 24.1. The summed E-state index contributed by atoms with van der Waals surface area (Å²) in [4.78, 5) is 7.69. The molecule has 136 valence electrons. The Labute approximate surface area is 163 Å². The molecule has 0 spiro atoms. The van der Waals surface area contributed by atoms with E-state index in [9.17, 15) is 0 Å². The lowest BCUT2D eigenvalue weighted by Gasteiger charge is -2.48. The van der Waals surface area contributed by atoms with Gasteiger partial charge in [-0.3, -0.25) is 4.99 Å². The molecule has 1 aromatic heterocycles. The zero-order valence-electron chi connectivity index (χ0n) is 15.2. The number of nitrogens with one attached hydrogen (secondary N) is 1. The number of rotatable bonds is 3. The van der Waals surface area contributed by atoms with E-state index in [0.717, 1.165) is 28.1 Å². The maximum absolute atomic E-state index is 6.64. The number of H-pyrrole nitrogens is 1. The van der Waals surface area contributed by atoms with Crippen molar-refractivity contribution in [3.63, 3.8) is 0 Å². The van der Waals surface area contributed by atoms with Crippen LogP contribution in [0.4, 0.5) is 0 Å². The van der Waals surface area contributed by atoms with Crippen molar-refractivity contribution < 1.29 is 9.31 Å². The normalized spacial score (nSPS) is 19.8. The molecule has 2 aromatic carbocycles. The molecule has 3 aromatic rings. The number of hydrogen-bond acceptors (Lipinski definition) is 3. The molecule has 5 heteroatoms. The molecule has 0 saturated heterocycles. The Bertz CT molecular complexity index is 1040. The summed E-state index contributed by atoms with van der Waals surface area (Å²) in [6.07, 6.45) is 9.40. The highest BCUT2D eigenvalue weighted by Crippen LogP contribution is 2.32. The lowest BCUT2D eigenvalue weighted by Crippen LogP contribution is -2.63. The Morgan fingerprint density at radius 3 is 2.07 bits per heavy atom. The third kappa shape index (κ3) is 2.78. The highest BCUT2D eigenvalue weighted by molar-refractivity contribution is 6.93. The van der Waals surface area contributed by atoms with E-state index >= 15 is 0 Å². The molecule has 1 N–H and O–H groups in total. The molecule has 4 nitrogen and oxygen atoms in total. The molecular weight excluding hydrogens is 347 g/mol. The molecular formula is C23H18BN2O2-. The van der Waals surface area contributed by atoms with Gasteiger partial charge in [-0.25, -0.2) is 0 Å². The first-order valence-corrected chi connectivity index (χ1v) is 9.29. The van der Waals surface area contributed by atoms with E-state index in [1.54, 1.807) is 6.21 Å². The number of aliphatic imine (C=N–C) groups is 1. The van der Waals surface area contributed by atoms with Gasteiger partial charge in [0.2, 0.25) is 0 Å². The second-order valence-electron chi connectivity index (χ2n) is 6.75. The smallest absolute Gasteiger partial charge is 0.406 e. The highest BCUT2D eigenvalue weighted by atomic mass is 16.6. The van der Waals surface area contributed by atoms with Gasteiger partial charge >= 0.3 is 6.55 Å². The summed E-state index contributed by atoms with van der Waals surface area (Å²) in [7, 11) is 0. The van der Waals surface area contributed by atoms with E-state index in [0.29, 0.717) is 5.76 Å². The summed E-state index contributed by atoms with van der Waals surface area (Å²) >= 11 is 0. The van der Waals surface area contributed by atoms with E-state index in [4.69, 9.17) is 9.31 Å². The molecule has 28 heavy (non-hydrogen) atoms. The first-order chi connectivity index (χ1) is 13.9. The van der Waals surface area contributed by atoms with Gasteiger partial charge in [0, 0.05) is 18.5 Å². The van der Waals surface area contributed by atoms with Crippen LogP contribution in [-0.4, -0.2) is 17.8 Å². The Morgan fingerprint density at radius 2 is 1.50 bits per heavy atom. The maximum atomic E-state index is 6.64. The van der Waals surface area contributed by atoms with Crippen molar-refractivity contribution in [3.05, 3.63) is 114 Å². The zero-order valence-corrected chi connectivity index (χ0v) is 15.2. The predicted molar refractivity (Wildman–Crippen MR) is 114 cm³/mol. The Balaban J connectivity index is 1.75. The van der Waals surface area contributed by atoms with Crippen molar-refractivity contribution in [3.8, 4) is 0 Å². The summed E-state index contributed by atoms with van der Waals surface area (Å²) in [5, 5.41) is 0. The topological polar surface area (TPSA) is 46.6 Å². The van der Waals surface area contributed by atoms with E-state index in [-0.39, 0.29) is 0 Å². The van der Waals surface area contributed by atoms with E-state index in [1.807, 2.05) is 97.2 Å². The van der Waals surface area contributed by atoms with Crippen LogP contribution in [0.3, 0.4) is 0 Å². The van der Waals surface area contributed by atoms with Crippen LogP contribution in [-0.2, 0) is 9.31 Å². The first-order valence-electron chi connectivity index (χ1n) is 9.29. The minimum Gasteiger partial charge on any atom is -0.674 e. The summed E-state index contributed by atoms with van der Waals surface area (Å²) < 4.78 is 13.3. The molecule has 2 aliphatic heterocycles. The third-order valence-corrected chi connectivity index (χ3v) is 4.99. The van der Waals surface area contributed by atoms with Gasteiger partial charge in [0.05, 0.1) is 11.5 Å². The molecule has 0 bridgehead atoms. The van der Waals surface area contributed by atoms with Crippen LogP contribution in [0.2, 0.25) is 0 Å². The lowest BCUT2D eigenvalue weighted by atomic mass is 9.45. The number of allylic oxidation sites excluding steroid dienone is 3. The van der Waals surface area contributed by atoms with E-state index < -0.39 is 6.55 Å². The van der Waals surface area contributed by atoms with Crippen LogP contribution in [0.25, 0.3) is 5.76 Å². The van der Waals surface area contributed by atoms with Crippen molar-refractivity contribution in [2.45, 2.75) is 0 Å². The molecule has 0 amide bonds. The molecule has 2 aliphatic rings. The average Bonchev–Trinajstić information content (AvgIpc) is 3.49. The van der Waals surface area contributed by atoms with Crippen molar-refractivity contribution in [2.24, 2.45) is 4.99 Å². The number of hydrogen-bond donors (Lipinski definition) is 1. The molecule has 0 aliphatic carbocycles. The van der Waals surface area contributed by atoms with Crippen LogP contribution in [0, 0.1) is 0 Å². The van der Waals surface area contributed by atoms with Crippen molar-refractivity contribution in [2.75, 3.05) is 0 Å². The first kappa shape index (κ1) is 16.4. The fourth-order valence-electron chi connectivity index (χ4n) is 3.65. The van der Waals surface area contributed by atoms with Crippen LogP contribution in [0.15, 0.2) is 114 Å². The monoisotopic (exact) mass is 365 g/mol. The van der Waals surface area contributed by atoms with E-state index in [2.05, 4.69) is 9.98 Å². The predicted octanol–water partition coefficient (Wildman–Crippen LogP) is 3.51. The van der Waals surface area contributed by atoms with Crippen LogP contribution < -0.4 is 10.9 Å². The van der Waals surface area contributed by atoms with Crippen LogP contribution in [0.1, 0.15) is 5.69 Å². The van der Waals surface area contributed by atoms with Crippen molar-refractivity contribution in [1.29, 1.82) is 0 Å². The highest BCUT2D eigenvalue weighted by Gasteiger charge is 2.39. The zero-order chi connectivity index (χ0) is 18.8. The summed E-state index contributed by atoms with van der Waals surface area (Å²) in [5.41, 5.74) is 3.61. The minimum atomic E-state index is -1.98. The summed E-state index contributed by atoms with van der Waals surface area (Å²) in [5.74, 6) is 1.41. The number of aromatic nitrogens is 1. The molecule has 0 atom stereocenters. The average molecular weight is 365 g/mol. The molecule has 0 radical (unpaired) electrons. The number of benzene rings is 2. The number of nitrogens with zero attached hydrogens (tertiary/aromatic N) is 1. The molecule has 0 unspecified atom stereocenters. The third-order valence-electron chi connectivity index (χ3n) is 4.99.